The third-order valence-electron chi connectivity index (χ3n) is 4.62. The van der Waals surface area contributed by atoms with E-state index in [0.29, 0.717) is 6.04 Å². The van der Waals surface area contributed by atoms with E-state index in [0.717, 1.165) is 12.0 Å². The van der Waals surface area contributed by atoms with Crippen LogP contribution in [0.4, 0.5) is 0 Å². The maximum absolute atomic E-state index is 3.70. The summed E-state index contributed by atoms with van der Waals surface area (Å²) in [6.45, 7) is 8.38. The van der Waals surface area contributed by atoms with Crippen molar-refractivity contribution in [2.45, 2.75) is 45.2 Å². The van der Waals surface area contributed by atoms with Gasteiger partial charge in [-0.05, 0) is 50.8 Å². The Morgan fingerprint density at radius 3 is 3.06 bits per heavy atom. The normalized spacial score (nSPS) is 30.3. The van der Waals surface area contributed by atoms with Gasteiger partial charge in [-0.1, -0.05) is 6.92 Å². The van der Waals surface area contributed by atoms with Crippen LogP contribution in [0.3, 0.4) is 0 Å². The van der Waals surface area contributed by atoms with Crippen LogP contribution < -0.4 is 5.32 Å². The predicted molar refractivity (Wildman–Crippen MR) is 78.2 cm³/mol. The van der Waals surface area contributed by atoms with E-state index in [-0.39, 0.29) is 0 Å². The van der Waals surface area contributed by atoms with Gasteiger partial charge < -0.3 is 5.32 Å². The van der Waals surface area contributed by atoms with Crippen molar-refractivity contribution in [3.63, 3.8) is 0 Å². The minimum absolute atomic E-state index is 0.600. The summed E-state index contributed by atoms with van der Waals surface area (Å²) in [5, 5.41) is 3.70. The number of nitrogens with zero attached hydrogens (tertiary/aromatic N) is 1. The van der Waals surface area contributed by atoms with Crippen LogP contribution in [0.15, 0.2) is 12.1 Å². The van der Waals surface area contributed by atoms with Crippen LogP contribution in [0.1, 0.15) is 42.5 Å². The third-order valence-corrected chi connectivity index (χ3v) is 6.02. The van der Waals surface area contributed by atoms with Crippen LogP contribution in [0.2, 0.25) is 0 Å². The van der Waals surface area contributed by atoms with Crippen LogP contribution in [-0.2, 0) is 6.42 Å². The van der Waals surface area contributed by atoms with Gasteiger partial charge in [0.25, 0.3) is 0 Å². The van der Waals surface area contributed by atoms with Crippen LogP contribution in [0.5, 0.6) is 0 Å². The first-order chi connectivity index (χ1) is 8.78. The Bertz CT molecular complexity index is 387. The van der Waals surface area contributed by atoms with Gasteiger partial charge in [0, 0.05) is 34.9 Å². The molecule has 3 atom stereocenters. The molecule has 0 radical (unpaired) electrons. The number of thiophene rings is 1. The first-order valence-electron chi connectivity index (χ1n) is 7.34. The Morgan fingerprint density at radius 1 is 1.44 bits per heavy atom. The van der Waals surface area contributed by atoms with Crippen molar-refractivity contribution >= 4 is 11.3 Å². The van der Waals surface area contributed by atoms with E-state index >= 15 is 0 Å². The van der Waals surface area contributed by atoms with Crippen molar-refractivity contribution in [2.24, 2.45) is 5.92 Å². The van der Waals surface area contributed by atoms with Crippen molar-refractivity contribution in [3.8, 4) is 0 Å². The Hall–Kier alpha value is -0.380. The highest BCUT2D eigenvalue weighted by molar-refractivity contribution is 7.12. The molecule has 0 amide bonds. The molecule has 0 aromatic carbocycles. The summed E-state index contributed by atoms with van der Waals surface area (Å²) in [6.07, 6.45) is 3.96. The van der Waals surface area contributed by atoms with E-state index in [9.17, 15) is 0 Å². The maximum atomic E-state index is 3.70. The summed E-state index contributed by atoms with van der Waals surface area (Å²) < 4.78 is 0. The van der Waals surface area contributed by atoms with Crippen molar-refractivity contribution in [2.75, 3.05) is 19.6 Å². The lowest BCUT2D eigenvalue weighted by molar-refractivity contribution is 0.254. The fourth-order valence-corrected chi connectivity index (χ4v) is 4.42. The van der Waals surface area contributed by atoms with Crippen LogP contribution in [0.25, 0.3) is 0 Å². The molecule has 0 aliphatic carbocycles. The monoisotopic (exact) mass is 264 g/mol. The Kier molecular flexibility index (Phi) is 3.73. The summed E-state index contributed by atoms with van der Waals surface area (Å²) in [5.74, 6) is 0.895. The Labute approximate surface area is 114 Å². The standard InChI is InChI=1S/C15H24N2S/c1-3-13-6-7-15(18-13)11(2)17-9-12-5-4-8-16-14(12)10-17/h6-7,11-12,14,16H,3-5,8-10H2,1-2H3. The molecule has 1 aromatic rings. The average molecular weight is 264 g/mol. The molecule has 2 nitrogen and oxygen atoms in total. The van der Waals surface area contributed by atoms with Gasteiger partial charge in [-0.25, -0.2) is 0 Å². The van der Waals surface area contributed by atoms with E-state index in [1.165, 1.54) is 43.8 Å². The zero-order valence-electron chi connectivity index (χ0n) is 11.5. The summed E-state index contributed by atoms with van der Waals surface area (Å²) in [4.78, 5) is 5.75. The van der Waals surface area contributed by atoms with E-state index in [2.05, 4.69) is 36.2 Å². The van der Waals surface area contributed by atoms with E-state index in [1.54, 1.807) is 4.88 Å². The lowest BCUT2D eigenvalue weighted by atomic mass is 9.94. The Morgan fingerprint density at radius 2 is 2.33 bits per heavy atom. The second-order valence-corrected chi connectivity index (χ2v) is 6.95. The zero-order chi connectivity index (χ0) is 12.5. The molecule has 0 spiro atoms. The fraction of sp³-hybridized carbons (Fsp3) is 0.733. The molecule has 3 heterocycles. The molecule has 18 heavy (non-hydrogen) atoms. The predicted octanol–water partition coefficient (Wildman–Crippen LogP) is 3.06. The highest BCUT2D eigenvalue weighted by atomic mass is 32.1. The molecule has 100 valence electrons. The van der Waals surface area contributed by atoms with Crippen molar-refractivity contribution in [1.29, 1.82) is 0 Å². The molecule has 3 heteroatoms. The van der Waals surface area contributed by atoms with E-state index in [1.807, 2.05) is 11.3 Å². The minimum atomic E-state index is 0.600. The molecule has 2 saturated heterocycles. The molecule has 1 N–H and O–H groups in total. The molecule has 3 unspecified atom stereocenters. The first kappa shape index (κ1) is 12.6. The minimum Gasteiger partial charge on any atom is -0.312 e. The molecule has 1 aromatic heterocycles. The van der Waals surface area contributed by atoms with E-state index < -0.39 is 0 Å². The highest BCUT2D eigenvalue weighted by Gasteiger charge is 2.36. The summed E-state index contributed by atoms with van der Waals surface area (Å²) in [7, 11) is 0. The topological polar surface area (TPSA) is 15.3 Å². The lowest BCUT2D eigenvalue weighted by Crippen LogP contribution is -2.40. The smallest absolute Gasteiger partial charge is 0.0414 e. The third kappa shape index (κ3) is 2.36. The summed E-state index contributed by atoms with van der Waals surface area (Å²) in [5.41, 5.74) is 0. The van der Waals surface area contributed by atoms with Crippen molar-refractivity contribution in [3.05, 3.63) is 21.9 Å². The molecule has 0 bridgehead atoms. The number of hydrogen-bond donors (Lipinski definition) is 1. The zero-order valence-corrected chi connectivity index (χ0v) is 12.3. The highest BCUT2D eigenvalue weighted by Crippen LogP contribution is 2.34. The van der Waals surface area contributed by atoms with Crippen LogP contribution in [0, 0.1) is 5.92 Å². The molecular formula is C15H24N2S. The van der Waals surface area contributed by atoms with Gasteiger partial charge >= 0.3 is 0 Å². The summed E-state index contributed by atoms with van der Waals surface area (Å²) >= 11 is 2.00. The molecule has 3 rings (SSSR count). The molecule has 2 fully saturated rings. The quantitative estimate of drug-likeness (QED) is 0.902. The second-order valence-electron chi connectivity index (χ2n) is 5.75. The van der Waals surface area contributed by atoms with Gasteiger partial charge in [0.2, 0.25) is 0 Å². The van der Waals surface area contributed by atoms with Crippen LogP contribution in [-0.4, -0.2) is 30.6 Å². The van der Waals surface area contributed by atoms with Gasteiger partial charge in [-0.2, -0.15) is 0 Å². The number of hydrogen-bond acceptors (Lipinski definition) is 3. The number of rotatable bonds is 3. The SMILES string of the molecule is CCc1ccc(C(C)N2CC3CCCNC3C2)s1. The average Bonchev–Trinajstić information content (AvgIpc) is 3.04. The molecular weight excluding hydrogens is 240 g/mol. The number of fused-ring (bicyclic) bond motifs is 1. The van der Waals surface area contributed by atoms with Gasteiger partial charge in [0.1, 0.15) is 0 Å². The van der Waals surface area contributed by atoms with Crippen molar-refractivity contribution < 1.29 is 0 Å². The lowest BCUT2D eigenvalue weighted by Gasteiger charge is -2.25. The largest absolute Gasteiger partial charge is 0.312 e. The van der Waals surface area contributed by atoms with Gasteiger partial charge in [0.05, 0.1) is 0 Å². The van der Waals surface area contributed by atoms with Crippen molar-refractivity contribution in [1.82, 2.24) is 10.2 Å². The summed E-state index contributed by atoms with van der Waals surface area (Å²) in [6, 6.07) is 6.00. The number of likely N-dealkylation sites (tertiary alicyclic amines) is 1. The van der Waals surface area contributed by atoms with Gasteiger partial charge in [0.15, 0.2) is 0 Å². The van der Waals surface area contributed by atoms with Crippen LogP contribution >= 0.6 is 11.3 Å². The number of nitrogens with one attached hydrogen (secondary N) is 1. The van der Waals surface area contributed by atoms with Gasteiger partial charge in [-0.3, -0.25) is 4.90 Å². The maximum Gasteiger partial charge on any atom is 0.0414 e. The van der Waals surface area contributed by atoms with Gasteiger partial charge in [-0.15, -0.1) is 11.3 Å². The Balaban J connectivity index is 1.67. The van der Waals surface area contributed by atoms with E-state index in [4.69, 9.17) is 0 Å². The molecule has 2 aliphatic heterocycles. The number of piperidine rings is 1. The molecule has 2 aliphatic rings. The first-order valence-corrected chi connectivity index (χ1v) is 8.15. The fourth-order valence-electron chi connectivity index (χ4n) is 3.39. The number of aryl methyl sites for hydroxylation is 1. The second kappa shape index (κ2) is 5.32. The molecule has 0 saturated carbocycles.